The van der Waals surface area contributed by atoms with E-state index < -0.39 is 11.0 Å². The number of carbonyl (C=O) groups is 2. The molecule has 0 fully saturated rings. The van der Waals surface area contributed by atoms with Gasteiger partial charge in [-0.05, 0) is 38.5 Å². The third-order valence-electron chi connectivity index (χ3n) is 3.39. The molecule has 0 amide bonds. The fourth-order valence-corrected chi connectivity index (χ4v) is 2.37. The first kappa shape index (κ1) is 17.3. The molecule has 0 aliphatic heterocycles. The molecule has 0 bridgehead atoms. The Morgan fingerprint density at radius 3 is 2.26 bits per heavy atom. The van der Waals surface area contributed by atoms with Gasteiger partial charge in [0.05, 0.1) is 11.9 Å². The number of esters is 1. The Morgan fingerprint density at radius 1 is 1.04 bits per heavy atom. The lowest BCUT2D eigenvalue weighted by Crippen LogP contribution is -2.26. The van der Waals surface area contributed by atoms with Crippen molar-refractivity contribution in [2.24, 2.45) is 5.41 Å². The number of hydrogen-bond donors (Lipinski definition) is 0. The predicted octanol–water partition coefficient (Wildman–Crippen LogP) is 4.21. The first-order valence-corrected chi connectivity index (χ1v) is 7.84. The Hall–Kier alpha value is -2.10. The summed E-state index contributed by atoms with van der Waals surface area (Å²) in [5, 5.41) is 0.982. The first-order chi connectivity index (χ1) is 10.5. The fourth-order valence-electron chi connectivity index (χ4n) is 2.37. The monoisotopic (exact) mass is 315 g/mol. The van der Waals surface area contributed by atoms with E-state index in [1.54, 1.807) is 10.8 Å². The molecule has 4 heteroatoms. The second-order valence-corrected chi connectivity index (χ2v) is 7.90. The van der Waals surface area contributed by atoms with E-state index in [9.17, 15) is 9.59 Å². The standard InChI is InChI=1S/C19H25NO3/c1-18(2,3)17(22)20-10-9-14-8-7-13(11-15(14)20)12-16(21)23-19(4,5)6/h7-11H,12H2,1-6H3. The van der Waals surface area contributed by atoms with Crippen molar-refractivity contribution in [2.45, 2.75) is 53.6 Å². The third kappa shape index (κ3) is 4.21. The van der Waals surface area contributed by atoms with Crippen molar-refractivity contribution in [3.05, 3.63) is 36.0 Å². The summed E-state index contributed by atoms with van der Waals surface area (Å²) < 4.78 is 7.02. The van der Waals surface area contributed by atoms with Gasteiger partial charge in [-0.3, -0.25) is 14.2 Å². The van der Waals surface area contributed by atoms with Gasteiger partial charge in [0.25, 0.3) is 0 Å². The molecule has 0 spiro atoms. The zero-order chi connectivity index (χ0) is 17.4. The summed E-state index contributed by atoms with van der Waals surface area (Å²) in [5.74, 6) is -0.237. The van der Waals surface area contributed by atoms with E-state index >= 15 is 0 Å². The van der Waals surface area contributed by atoms with Crippen LogP contribution in [-0.2, 0) is 16.0 Å². The van der Waals surface area contributed by atoms with Crippen molar-refractivity contribution in [1.82, 2.24) is 4.57 Å². The van der Waals surface area contributed by atoms with E-state index in [1.165, 1.54) is 0 Å². The summed E-state index contributed by atoms with van der Waals surface area (Å²) in [5.41, 5.74) is 0.705. The second kappa shape index (κ2) is 5.84. The molecule has 0 N–H and O–H groups in total. The number of hydrogen-bond acceptors (Lipinski definition) is 3. The summed E-state index contributed by atoms with van der Waals surface area (Å²) in [7, 11) is 0. The maximum absolute atomic E-state index is 12.5. The van der Waals surface area contributed by atoms with Crippen molar-refractivity contribution in [1.29, 1.82) is 0 Å². The highest BCUT2D eigenvalue weighted by atomic mass is 16.6. The van der Waals surface area contributed by atoms with E-state index in [2.05, 4.69) is 0 Å². The number of carbonyl (C=O) groups excluding carboxylic acids is 2. The number of nitrogens with zero attached hydrogens (tertiary/aromatic N) is 1. The minimum Gasteiger partial charge on any atom is -0.460 e. The SMILES string of the molecule is CC(C)(C)OC(=O)Cc1ccc2ccn(C(=O)C(C)(C)C)c2c1. The Kier molecular flexibility index (Phi) is 4.38. The lowest BCUT2D eigenvalue weighted by Gasteiger charge is -2.20. The zero-order valence-electron chi connectivity index (χ0n) is 14.8. The summed E-state index contributed by atoms with van der Waals surface area (Å²) >= 11 is 0. The first-order valence-electron chi connectivity index (χ1n) is 7.84. The lowest BCUT2D eigenvalue weighted by atomic mass is 9.95. The third-order valence-corrected chi connectivity index (χ3v) is 3.39. The van der Waals surface area contributed by atoms with Crippen LogP contribution in [0.25, 0.3) is 10.9 Å². The van der Waals surface area contributed by atoms with Crippen molar-refractivity contribution in [2.75, 3.05) is 0 Å². The summed E-state index contributed by atoms with van der Waals surface area (Å²) in [6, 6.07) is 7.64. The van der Waals surface area contributed by atoms with Crippen LogP contribution in [0.5, 0.6) is 0 Å². The van der Waals surface area contributed by atoms with E-state index in [0.29, 0.717) is 0 Å². The van der Waals surface area contributed by atoms with Gasteiger partial charge in [0.15, 0.2) is 0 Å². The van der Waals surface area contributed by atoms with Crippen LogP contribution in [0.15, 0.2) is 30.5 Å². The molecule has 1 aromatic heterocycles. The molecule has 0 atom stereocenters. The minimum atomic E-state index is -0.496. The van der Waals surface area contributed by atoms with E-state index in [-0.39, 0.29) is 18.3 Å². The largest absolute Gasteiger partial charge is 0.460 e. The molecule has 2 aromatic rings. The summed E-state index contributed by atoms with van der Waals surface area (Å²) in [4.78, 5) is 24.5. The van der Waals surface area contributed by atoms with Gasteiger partial charge in [-0.1, -0.05) is 32.9 Å². The minimum absolute atomic E-state index is 0.0296. The molecule has 124 valence electrons. The van der Waals surface area contributed by atoms with Gasteiger partial charge in [0.2, 0.25) is 5.91 Å². The molecule has 0 saturated heterocycles. The van der Waals surface area contributed by atoms with Crippen molar-refractivity contribution >= 4 is 22.8 Å². The lowest BCUT2D eigenvalue weighted by molar-refractivity contribution is -0.153. The Morgan fingerprint density at radius 2 is 1.70 bits per heavy atom. The van der Waals surface area contributed by atoms with E-state index in [0.717, 1.165) is 16.5 Å². The van der Waals surface area contributed by atoms with Crippen LogP contribution in [-0.4, -0.2) is 22.0 Å². The van der Waals surface area contributed by atoms with Gasteiger partial charge in [0, 0.05) is 17.0 Å². The molecular weight excluding hydrogens is 290 g/mol. The van der Waals surface area contributed by atoms with Crippen molar-refractivity contribution < 1.29 is 14.3 Å². The molecular formula is C19H25NO3. The molecule has 4 nitrogen and oxygen atoms in total. The van der Waals surface area contributed by atoms with Gasteiger partial charge in [-0.15, -0.1) is 0 Å². The molecule has 0 aliphatic carbocycles. The highest BCUT2D eigenvalue weighted by Crippen LogP contribution is 2.24. The average molecular weight is 315 g/mol. The van der Waals surface area contributed by atoms with Gasteiger partial charge < -0.3 is 4.74 Å². The summed E-state index contributed by atoms with van der Waals surface area (Å²) in [6.07, 6.45) is 1.98. The molecule has 0 saturated carbocycles. The van der Waals surface area contributed by atoms with Crippen LogP contribution in [0, 0.1) is 5.41 Å². The molecule has 0 aliphatic rings. The van der Waals surface area contributed by atoms with Crippen LogP contribution < -0.4 is 0 Å². The maximum atomic E-state index is 12.5. The Balaban J connectivity index is 2.31. The number of benzene rings is 1. The topological polar surface area (TPSA) is 48.3 Å². The predicted molar refractivity (Wildman–Crippen MR) is 91.6 cm³/mol. The zero-order valence-corrected chi connectivity index (χ0v) is 14.8. The highest BCUT2D eigenvalue weighted by molar-refractivity contribution is 5.95. The number of rotatable bonds is 2. The number of ether oxygens (including phenoxy) is 1. The van der Waals surface area contributed by atoms with Crippen molar-refractivity contribution in [3.8, 4) is 0 Å². The van der Waals surface area contributed by atoms with Gasteiger partial charge in [-0.2, -0.15) is 0 Å². The fraction of sp³-hybridized carbons (Fsp3) is 0.474. The molecule has 2 rings (SSSR count). The van der Waals surface area contributed by atoms with E-state index in [1.807, 2.05) is 65.8 Å². The highest BCUT2D eigenvalue weighted by Gasteiger charge is 2.24. The van der Waals surface area contributed by atoms with Gasteiger partial charge in [-0.25, -0.2) is 0 Å². The molecule has 1 heterocycles. The number of aromatic nitrogens is 1. The van der Waals surface area contributed by atoms with Crippen LogP contribution in [0.1, 0.15) is 51.9 Å². The van der Waals surface area contributed by atoms with Crippen LogP contribution >= 0.6 is 0 Å². The van der Waals surface area contributed by atoms with Crippen molar-refractivity contribution in [3.63, 3.8) is 0 Å². The molecule has 23 heavy (non-hydrogen) atoms. The van der Waals surface area contributed by atoms with E-state index in [4.69, 9.17) is 4.74 Å². The molecule has 0 radical (unpaired) electrons. The molecule has 1 aromatic carbocycles. The Bertz CT molecular complexity index is 742. The van der Waals surface area contributed by atoms with Gasteiger partial charge in [0.1, 0.15) is 5.60 Å². The normalized spacial score (nSPS) is 12.4. The average Bonchev–Trinajstić information content (AvgIpc) is 2.77. The summed E-state index contributed by atoms with van der Waals surface area (Å²) in [6.45, 7) is 11.2. The van der Waals surface area contributed by atoms with Gasteiger partial charge >= 0.3 is 5.97 Å². The maximum Gasteiger partial charge on any atom is 0.310 e. The van der Waals surface area contributed by atoms with Crippen LogP contribution in [0.4, 0.5) is 0 Å². The molecule has 0 unspecified atom stereocenters. The van der Waals surface area contributed by atoms with Crippen LogP contribution in [0.3, 0.4) is 0 Å². The second-order valence-electron chi connectivity index (χ2n) is 7.90. The quantitative estimate of drug-likeness (QED) is 0.780. The Labute approximate surface area is 137 Å². The smallest absolute Gasteiger partial charge is 0.310 e. The number of fused-ring (bicyclic) bond motifs is 1. The van der Waals surface area contributed by atoms with Crippen LogP contribution in [0.2, 0.25) is 0 Å².